The zero-order valence-electron chi connectivity index (χ0n) is 7.33. The van der Waals surface area contributed by atoms with Gasteiger partial charge in [-0.15, -0.1) is 0 Å². The lowest BCUT2D eigenvalue weighted by molar-refractivity contribution is -0.141. The molecule has 0 aliphatic heterocycles. The molecule has 1 rings (SSSR count). The average Bonchev–Trinajstić information content (AvgIpc) is 2.08. The lowest BCUT2D eigenvalue weighted by Gasteiger charge is -2.07. The van der Waals surface area contributed by atoms with Gasteiger partial charge in [-0.05, 0) is 40.6 Å². The molecule has 1 N–H and O–H groups in total. The summed E-state index contributed by atoms with van der Waals surface area (Å²) < 4.78 is 1.13. The molecule has 70 valence electrons. The van der Waals surface area contributed by atoms with Gasteiger partial charge in [-0.2, -0.15) is 0 Å². The number of hydrogen-bond acceptors (Lipinski definition) is 1. The van der Waals surface area contributed by atoms with E-state index in [-0.39, 0.29) is 5.92 Å². The molecule has 1 aromatic rings. The predicted molar refractivity (Wildman–Crippen MR) is 59.7 cm³/mol. The van der Waals surface area contributed by atoms with E-state index < -0.39 is 5.97 Å². The summed E-state index contributed by atoms with van der Waals surface area (Å²) >= 11 is 2.22. The second-order valence-corrected chi connectivity index (χ2v) is 4.20. The second kappa shape index (κ2) is 4.60. The molecule has 0 spiro atoms. The van der Waals surface area contributed by atoms with Crippen LogP contribution in [0, 0.1) is 9.49 Å². The molecule has 1 unspecified atom stereocenters. The number of aliphatic carboxylic acids is 1. The Balaban J connectivity index is 2.74. The zero-order chi connectivity index (χ0) is 9.84. The Morgan fingerprint density at radius 3 is 2.69 bits per heavy atom. The molecule has 0 fully saturated rings. The van der Waals surface area contributed by atoms with E-state index in [2.05, 4.69) is 22.6 Å². The fraction of sp³-hybridized carbons (Fsp3) is 0.300. The van der Waals surface area contributed by atoms with Crippen molar-refractivity contribution >= 4 is 28.6 Å². The highest BCUT2D eigenvalue weighted by Gasteiger charge is 2.12. The Hall–Kier alpha value is -0.580. The zero-order valence-corrected chi connectivity index (χ0v) is 9.48. The van der Waals surface area contributed by atoms with Crippen LogP contribution in [0.4, 0.5) is 0 Å². The van der Waals surface area contributed by atoms with Crippen molar-refractivity contribution in [1.82, 2.24) is 0 Å². The van der Waals surface area contributed by atoms with Crippen LogP contribution in [0.15, 0.2) is 24.3 Å². The summed E-state index contributed by atoms with van der Waals surface area (Å²) in [6, 6.07) is 7.86. The maximum Gasteiger partial charge on any atom is 0.306 e. The van der Waals surface area contributed by atoms with E-state index in [1.54, 1.807) is 6.92 Å². The SMILES string of the molecule is CC(Cc1ccccc1I)C(=O)O. The molecule has 0 aliphatic carbocycles. The molecule has 2 nitrogen and oxygen atoms in total. The Kier molecular flexibility index (Phi) is 3.71. The fourth-order valence-corrected chi connectivity index (χ4v) is 1.69. The van der Waals surface area contributed by atoms with Gasteiger partial charge in [0.1, 0.15) is 0 Å². The van der Waals surface area contributed by atoms with Gasteiger partial charge in [0, 0.05) is 3.57 Å². The van der Waals surface area contributed by atoms with Crippen molar-refractivity contribution in [3.8, 4) is 0 Å². The monoisotopic (exact) mass is 290 g/mol. The van der Waals surface area contributed by atoms with Crippen molar-refractivity contribution in [1.29, 1.82) is 0 Å². The number of benzene rings is 1. The number of halogens is 1. The van der Waals surface area contributed by atoms with Crippen LogP contribution in [-0.4, -0.2) is 11.1 Å². The van der Waals surface area contributed by atoms with Crippen molar-refractivity contribution in [2.24, 2.45) is 5.92 Å². The summed E-state index contributed by atoms with van der Waals surface area (Å²) in [6.07, 6.45) is 0.606. The summed E-state index contributed by atoms with van der Waals surface area (Å²) in [7, 11) is 0. The molecule has 0 saturated carbocycles. The Morgan fingerprint density at radius 1 is 1.54 bits per heavy atom. The topological polar surface area (TPSA) is 37.3 Å². The molecule has 0 radical (unpaired) electrons. The summed E-state index contributed by atoms with van der Waals surface area (Å²) in [5.41, 5.74) is 1.11. The first-order valence-electron chi connectivity index (χ1n) is 4.07. The molecule has 3 heteroatoms. The minimum Gasteiger partial charge on any atom is -0.481 e. The van der Waals surface area contributed by atoms with Crippen molar-refractivity contribution in [3.05, 3.63) is 33.4 Å². The van der Waals surface area contributed by atoms with Crippen LogP contribution >= 0.6 is 22.6 Å². The number of rotatable bonds is 3. The lowest BCUT2D eigenvalue weighted by Crippen LogP contribution is -2.12. The van der Waals surface area contributed by atoms with Crippen LogP contribution in [0.2, 0.25) is 0 Å². The summed E-state index contributed by atoms with van der Waals surface area (Å²) in [4.78, 5) is 10.6. The highest BCUT2D eigenvalue weighted by molar-refractivity contribution is 14.1. The number of carbonyl (C=O) groups is 1. The summed E-state index contributed by atoms with van der Waals surface area (Å²) in [6.45, 7) is 1.73. The number of carboxylic acids is 1. The average molecular weight is 290 g/mol. The maximum atomic E-state index is 10.6. The Morgan fingerprint density at radius 2 is 2.15 bits per heavy atom. The third kappa shape index (κ3) is 2.99. The van der Waals surface area contributed by atoms with E-state index in [0.29, 0.717) is 6.42 Å². The fourth-order valence-electron chi connectivity index (χ4n) is 1.08. The number of hydrogen-bond donors (Lipinski definition) is 1. The van der Waals surface area contributed by atoms with Gasteiger partial charge < -0.3 is 5.11 Å². The normalized spacial score (nSPS) is 12.5. The van der Waals surface area contributed by atoms with Crippen molar-refractivity contribution in [2.45, 2.75) is 13.3 Å². The van der Waals surface area contributed by atoms with Gasteiger partial charge in [-0.25, -0.2) is 0 Å². The first-order chi connectivity index (χ1) is 6.11. The smallest absolute Gasteiger partial charge is 0.306 e. The number of carboxylic acid groups (broad SMARTS) is 1. The van der Waals surface area contributed by atoms with Crippen molar-refractivity contribution < 1.29 is 9.90 Å². The van der Waals surface area contributed by atoms with Crippen molar-refractivity contribution in [2.75, 3.05) is 0 Å². The second-order valence-electron chi connectivity index (χ2n) is 3.03. The van der Waals surface area contributed by atoms with Gasteiger partial charge in [-0.1, -0.05) is 25.1 Å². The van der Waals surface area contributed by atoms with E-state index in [0.717, 1.165) is 9.13 Å². The molecule has 0 bridgehead atoms. The van der Waals surface area contributed by atoms with E-state index in [1.165, 1.54) is 0 Å². The van der Waals surface area contributed by atoms with Gasteiger partial charge in [-0.3, -0.25) is 4.79 Å². The minimum atomic E-state index is -0.736. The third-order valence-corrected chi connectivity index (χ3v) is 2.96. The molecule has 0 heterocycles. The standard InChI is InChI=1S/C10H11IO2/c1-7(10(12)13)6-8-4-2-3-5-9(8)11/h2-5,7H,6H2,1H3,(H,12,13). The van der Waals surface area contributed by atoms with Gasteiger partial charge in [0.2, 0.25) is 0 Å². The van der Waals surface area contributed by atoms with E-state index >= 15 is 0 Å². The quantitative estimate of drug-likeness (QED) is 0.869. The van der Waals surface area contributed by atoms with Crippen LogP contribution in [0.1, 0.15) is 12.5 Å². The molecule has 0 aromatic heterocycles. The molecule has 0 aliphatic rings. The highest BCUT2D eigenvalue weighted by Crippen LogP contribution is 2.15. The van der Waals surface area contributed by atoms with Crippen LogP contribution in [0.3, 0.4) is 0 Å². The molecule has 13 heavy (non-hydrogen) atoms. The highest BCUT2D eigenvalue weighted by atomic mass is 127. The third-order valence-electron chi connectivity index (χ3n) is 1.91. The van der Waals surface area contributed by atoms with E-state index in [1.807, 2.05) is 24.3 Å². The first-order valence-corrected chi connectivity index (χ1v) is 5.15. The molecule has 0 saturated heterocycles. The minimum absolute atomic E-state index is 0.309. The van der Waals surface area contributed by atoms with Gasteiger partial charge in [0.15, 0.2) is 0 Å². The van der Waals surface area contributed by atoms with Crippen LogP contribution in [0.5, 0.6) is 0 Å². The Labute approximate surface area is 91.1 Å². The molecular weight excluding hydrogens is 279 g/mol. The van der Waals surface area contributed by atoms with Crippen LogP contribution in [0.25, 0.3) is 0 Å². The molecule has 1 aromatic carbocycles. The first kappa shape index (κ1) is 10.5. The lowest BCUT2D eigenvalue weighted by atomic mass is 10.0. The van der Waals surface area contributed by atoms with Gasteiger partial charge in [0.25, 0.3) is 0 Å². The molecular formula is C10H11IO2. The summed E-state index contributed by atoms with van der Waals surface area (Å²) in [5, 5.41) is 8.73. The molecule has 1 atom stereocenters. The van der Waals surface area contributed by atoms with E-state index in [4.69, 9.17) is 5.11 Å². The van der Waals surface area contributed by atoms with Crippen LogP contribution < -0.4 is 0 Å². The maximum absolute atomic E-state index is 10.6. The van der Waals surface area contributed by atoms with Crippen LogP contribution in [-0.2, 0) is 11.2 Å². The van der Waals surface area contributed by atoms with Gasteiger partial charge >= 0.3 is 5.97 Å². The van der Waals surface area contributed by atoms with E-state index in [9.17, 15) is 4.79 Å². The van der Waals surface area contributed by atoms with Crippen molar-refractivity contribution in [3.63, 3.8) is 0 Å². The molecule has 0 amide bonds. The largest absolute Gasteiger partial charge is 0.481 e. The van der Waals surface area contributed by atoms with Gasteiger partial charge in [0.05, 0.1) is 5.92 Å². The predicted octanol–water partition coefficient (Wildman–Crippen LogP) is 2.55. The Bertz CT molecular complexity index is 310. The summed E-state index contributed by atoms with van der Waals surface area (Å²) in [5.74, 6) is -1.05.